The third-order valence-corrected chi connectivity index (χ3v) is 4.39. The summed E-state index contributed by atoms with van der Waals surface area (Å²) in [6.45, 7) is 1.87. The molecule has 2 atom stereocenters. The molecule has 20 heavy (non-hydrogen) atoms. The molecule has 0 aromatic heterocycles. The number of hydrogen-bond donors (Lipinski definition) is 1. The van der Waals surface area contributed by atoms with Gasteiger partial charge in [0, 0.05) is 18.7 Å². The van der Waals surface area contributed by atoms with Gasteiger partial charge in [-0.3, -0.25) is 4.90 Å². The molecule has 2 N–H and O–H groups in total. The Morgan fingerprint density at radius 2 is 2.30 bits per heavy atom. The molecule has 2 unspecified atom stereocenters. The number of benzene rings is 1. The topological polar surface area (TPSA) is 57.0 Å². The molecule has 0 bridgehead atoms. The maximum Gasteiger partial charge on any atom is 0.231 e. The van der Waals surface area contributed by atoms with E-state index in [1.165, 1.54) is 0 Å². The van der Waals surface area contributed by atoms with Crippen LogP contribution in [-0.2, 0) is 0 Å². The van der Waals surface area contributed by atoms with E-state index in [9.17, 15) is 0 Å². The molecule has 2 aliphatic rings. The van der Waals surface area contributed by atoms with E-state index in [1.54, 1.807) is 13.2 Å². The minimum absolute atomic E-state index is 0.188. The number of ether oxygens (including phenoxy) is 3. The third-order valence-electron chi connectivity index (χ3n) is 4.11. The van der Waals surface area contributed by atoms with Crippen LogP contribution in [0.1, 0.15) is 18.0 Å². The molecule has 0 aliphatic carbocycles. The molecular formula is C14H19ClN2O3. The zero-order chi connectivity index (χ0) is 14.3. The van der Waals surface area contributed by atoms with Gasteiger partial charge in [-0.05, 0) is 25.9 Å². The Bertz CT molecular complexity index is 520. The van der Waals surface area contributed by atoms with Crippen LogP contribution >= 0.6 is 11.6 Å². The van der Waals surface area contributed by atoms with Crippen LogP contribution in [-0.4, -0.2) is 38.9 Å². The number of hydrogen-bond acceptors (Lipinski definition) is 5. The number of methoxy groups -OCH3 is 1. The minimum Gasteiger partial charge on any atom is -0.495 e. The first-order valence-corrected chi connectivity index (χ1v) is 7.09. The fourth-order valence-electron chi connectivity index (χ4n) is 3.14. The molecule has 6 heteroatoms. The van der Waals surface area contributed by atoms with Gasteiger partial charge in [0.2, 0.25) is 6.79 Å². The Kier molecular flexibility index (Phi) is 3.67. The normalized spacial score (nSPS) is 25.2. The van der Waals surface area contributed by atoms with Crippen molar-refractivity contribution in [1.82, 2.24) is 4.90 Å². The molecule has 2 heterocycles. The maximum absolute atomic E-state index is 6.31. The number of rotatable bonds is 3. The first-order chi connectivity index (χ1) is 9.65. The van der Waals surface area contributed by atoms with E-state index >= 15 is 0 Å². The van der Waals surface area contributed by atoms with Crippen molar-refractivity contribution >= 4 is 11.6 Å². The summed E-state index contributed by atoms with van der Waals surface area (Å²) in [7, 11) is 3.71. The number of halogens is 1. The van der Waals surface area contributed by atoms with Gasteiger partial charge in [-0.1, -0.05) is 11.6 Å². The highest BCUT2D eigenvalue weighted by atomic mass is 35.5. The van der Waals surface area contributed by atoms with Crippen LogP contribution in [0.4, 0.5) is 0 Å². The lowest BCUT2D eigenvalue weighted by Gasteiger charge is -2.23. The number of fused-ring (bicyclic) bond motifs is 1. The molecule has 1 fully saturated rings. The van der Waals surface area contributed by atoms with E-state index in [4.69, 9.17) is 31.5 Å². The highest BCUT2D eigenvalue weighted by Crippen LogP contribution is 2.51. The predicted molar refractivity (Wildman–Crippen MR) is 76.7 cm³/mol. The summed E-state index contributed by atoms with van der Waals surface area (Å²) in [4.78, 5) is 2.27. The van der Waals surface area contributed by atoms with Crippen LogP contribution in [0.25, 0.3) is 0 Å². The molecule has 1 saturated heterocycles. The summed E-state index contributed by atoms with van der Waals surface area (Å²) >= 11 is 6.31. The van der Waals surface area contributed by atoms with Crippen molar-refractivity contribution in [2.24, 2.45) is 11.7 Å². The summed E-state index contributed by atoms with van der Waals surface area (Å²) < 4.78 is 16.6. The zero-order valence-corrected chi connectivity index (χ0v) is 12.4. The Balaban J connectivity index is 2.08. The Morgan fingerprint density at radius 3 is 2.95 bits per heavy atom. The van der Waals surface area contributed by atoms with Crippen molar-refractivity contribution < 1.29 is 14.2 Å². The second kappa shape index (κ2) is 5.31. The average Bonchev–Trinajstić information content (AvgIpc) is 3.03. The summed E-state index contributed by atoms with van der Waals surface area (Å²) in [6, 6.07) is 1.94. The minimum atomic E-state index is 0.188. The number of likely N-dealkylation sites (tertiary alicyclic amines) is 1. The van der Waals surface area contributed by atoms with Crippen molar-refractivity contribution in [3.05, 3.63) is 16.7 Å². The van der Waals surface area contributed by atoms with Gasteiger partial charge in [-0.2, -0.15) is 0 Å². The molecule has 0 radical (unpaired) electrons. The van der Waals surface area contributed by atoms with E-state index in [1.807, 2.05) is 0 Å². The lowest BCUT2D eigenvalue weighted by atomic mass is 9.97. The maximum atomic E-state index is 6.31. The van der Waals surface area contributed by atoms with Gasteiger partial charge < -0.3 is 19.9 Å². The second-order valence-corrected chi connectivity index (χ2v) is 5.74. The van der Waals surface area contributed by atoms with E-state index < -0.39 is 0 Å². The predicted octanol–water partition coefficient (Wildman–Crippen LogP) is 2.03. The van der Waals surface area contributed by atoms with Gasteiger partial charge >= 0.3 is 0 Å². The van der Waals surface area contributed by atoms with Crippen molar-refractivity contribution in [3.63, 3.8) is 0 Å². The van der Waals surface area contributed by atoms with Crippen LogP contribution in [0, 0.1) is 5.92 Å². The molecule has 0 spiro atoms. The van der Waals surface area contributed by atoms with Crippen LogP contribution in [0.5, 0.6) is 17.2 Å². The van der Waals surface area contributed by atoms with Crippen molar-refractivity contribution in [3.8, 4) is 17.2 Å². The largest absolute Gasteiger partial charge is 0.495 e. The van der Waals surface area contributed by atoms with Gasteiger partial charge in [0.25, 0.3) is 0 Å². The molecule has 1 aromatic rings. The van der Waals surface area contributed by atoms with Crippen LogP contribution in [0.3, 0.4) is 0 Å². The van der Waals surface area contributed by atoms with Gasteiger partial charge in [-0.25, -0.2) is 0 Å². The molecular weight excluding hydrogens is 280 g/mol. The zero-order valence-electron chi connectivity index (χ0n) is 11.7. The smallest absolute Gasteiger partial charge is 0.231 e. The number of nitrogens with zero attached hydrogens (tertiary/aromatic N) is 1. The lowest BCUT2D eigenvalue weighted by Crippen LogP contribution is -2.21. The lowest BCUT2D eigenvalue weighted by molar-refractivity contribution is 0.171. The highest BCUT2D eigenvalue weighted by Gasteiger charge is 2.37. The second-order valence-electron chi connectivity index (χ2n) is 5.33. The summed E-state index contributed by atoms with van der Waals surface area (Å²) in [5, 5.41) is 0.552. The molecule has 3 rings (SSSR count). The molecule has 0 saturated carbocycles. The molecule has 0 amide bonds. The Labute approximate surface area is 123 Å². The molecule has 2 aliphatic heterocycles. The van der Waals surface area contributed by atoms with Crippen molar-refractivity contribution in [1.29, 1.82) is 0 Å². The highest BCUT2D eigenvalue weighted by molar-refractivity contribution is 6.32. The Morgan fingerprint density at radius 1 is 1.50 bits per heavy atom. The van der Waals surface area contributed by atoms with Crippen LogP contribution in [0.2, 0.25) is 5.02 Å². The van der Waals surface area contributed by atoms with E-state index in [0.717, 1.165) is 24.3 Å². The molecule has 5 nitrogen and oxygen atoms in total. The Hall–Kier alpha value is -1.17. The first kappa shape index (κ1) is 13.8. The van der Waals surface area contributed by atoms with E-state index in [2.05, 4.69) is 11.9 Å². The third kappa shape index (κ3) is 2.10. The van der Waals surface area contributed by atoms with Crippen LogP contribution in [0.15, 0.2) is 6.07 Å². The average molecular weight is 299 g/mol. The molecule has 110 valence electrons. The monoisotopic (exact) mass is 298 g/mol. The fraction of sp³-hybridized carbons (Fsp3) is 0.571. The van der Waals surface area contributed by atoms with Gasteiger partial charge in [0.05, 0.1) is 17.7 Å². The van der Waals surface area contributed by atoms with Gasteiger partial charge in [0.15, 0.2) is 11.5 Å². The standard InChI is InChI=1S/C14H19ClN2O3/c1-17-6-8(5-16)3-10(17)12-13(18-2)9(15)4-11-14(12)20-7-19-11/h4,8,10H,3,5-7,16H2,1-2H3. The number of nitrogens with two attached hydrogens (primary N) is 1. The van der Waals surface area contributed by atoms with Gasteiger partial charge in [0.1, 0.15) is 5.75 Å². The van der Waals surface area contributed by atoms with Crippen LogP contribution < -0.4 is 19.9 Å². The van der Waals surface area contributed by atoms with E-state index in [0.29, 0.717) is 29.0 Å². The first-order valence-electron chi connectivity index (χ1n) is 6.72. The fourth-order valence-corrected chi connectivity index (χ4v) is 3.42. The molecule has 1 aromatic carbocycles. The van der Waals surface area contributed by atoms with E-state index in [-0.39, 0.29) is 12.8 Å². The van der Waals surface area contributed by atoms with Crippen molar-refractivity contribution in [2.45, 2.75) is 12.5 Å². The summed E-state index contributed by atoms with van der Waals surface area (Å²) in [5.41, 5.74) is 6.79. The quantitative estimate of drug-likeness (QED) is 0.925. The summed E-state index contributed by atoms with van der Waals surface area (Å²) in [6.07, 6.45) is 0.972. The summed E-state index contributed by atoms with van der Waals surface area (Å²) in [5.74, 6) is 2.59. The van der Waals surface area contributed by atoms with Crippen molar-refractivity contribution in [2.75, 3.05) is 34.0 Å². The SMILES string of the molecule is COc1c(Cl)cc2c(c1C1CC(CN)CN1C)OCO2. The van der Waals surface area contributed by atoms with Gasteiger partial charge in [-0.15, -0.1) is 0 Å².